The lowest BCUT2D eigenvalue weighted by Gasteiger charge is -2.24. The minimum absolute atomic E-state index is 0.180. The number of hydrogen-bond donors (Lipinski definition) is 0. The van der Waals surface area contributed by atoms with E-state index in [2.05, 4.69) is 52.0 Å². The molecular formula is C24H40O2. The highest BCUT2D eigenvalue weighted by molar-refractivity contribution is 5.29. The molecule has 0 heterocycles. The third-order valence-electron chi connectivity index (χ3n) is 5.74. The quantitative estimate of drug-likeness (QED) is 0.411. The lowest BCUT2D eigenvalue weighted by Crippen LogP contribution is -2.19. The molecule has 0 aromatic heterocycles. The lowest BCUT2D eigenvalue weighted by atomic mass is 9.82. The van der Waals surface area contributed by atoms with Gasteiger partial charge in [0.1, 0.15) is 5.75 Å². The molecule has 1 fully saturated rings. The van der Waals surface area contributed by atoms with Crippen molar-refractivity contribution in [2.45, 2.75) is 91.8 Å². The molecular weight excluding hydrogens is 320 g/mol. The first-order valence-electron chi connectivity index (χ1n) is 10.8. The van der Waals surface area contributed by atoms with Crippen molar-refractivity contribution in [2.75, 3.05) is 6.61 Å². The third kappa shape index (κ3) is 7.31. The van der Waals surface area contributed by atoms with Crippen molar-refractivity contribution in [2.24, 2.45) is 17.8 Å². The Balaban J connectivity index is 1.78. The molecule has 148 valence electrons. The fourth-order valence-corrected chi connectivity index (χ4v) is 4.20. The van der Waals surface area contributed by atoms with Crippen LogP contribution in [0.15, 0.2) is 24.3 Å². The molecule has 0 N–H and O–H groups in total. The molecule has 0 spiro atoms. The first-order chi connectivity index (χ1) is 12.5. The van der Waals surface area contributed by atoms with Crippen LogP contribution < -0.4 is 4.74 Å². The molecule has 2 unspecified atom stereocenters. The van der Waals surface area contributed by atoms with Gasteiger partial charge in [0.2, 0.25) is 0 Å². The molecule has 1 aromatic carbocycles. The Hall–Kier alpha value is -1.02. The van der Waals surface area contributed by atoms with Crippen LogP contribution in [0.25, 0.3) is 0 Å². The maximum absolute atomic E-state index is 5.96. The molecule has 1 aliphatic carbocycles. The summed E-state index contributed by atoms with van der Waals surface area (Å²) >= 11 is 0. The van der Waals surface area contributed by atoms with E-state index in [0.717, 1.165) is 24.2 Å². The molecule has 1 saturated carbocycles. The van der Waals surface area contributed by atoms with Crippen LogP contribution in [-0.2, 0) is 4.74 Å². The molecule has 1 aliphatic rings. The summed E-state index contributed by atoms with van der Waals surface area (Å²) in [5.41, 5.74) is 1.42. The first kappa shape index (κ1) is 21.3. The van der Waals surface area contributed by atoms with Crippen LogP contribution in [0, 0.1) is 17.8 Å². The highest BCUT2D eigenvalue weighted by Gasteiger charge is 2.18. The van der Waals surface area contributed by atoms with Gasteiger partial charge in [0.05, 0.1) is 6.61 Å². The van der Waals surface area contributed by atoms with Crippen molar-refractivity contribution in [3.8, 4) is 5.75 Å². The Kier molecular flexibility index (Phi) is 8.98. The molecule has 0 saturated heterocycles. The van der Waals surface area contributed by atoms with Crippen LogP contribution in [-0.4, -0.2) is 12.9 Å². The Morgan fingerprint density at radius 1 is 0.923 bits per heavy atom. The molecule has 0 amide bonds. The van der Waals surface area contributed by atoms with Crippen molar-refractivity contribution in [1.29, 1.82) is 0 Å². The second-order valence-corrected chi connectivity index (χ2v) is 8.90. The summed E-state index contributed by atoms with van der Waals surface area (Å²) in [6.45, 7) is 12.1. The van der Waals surface area contributed by atoms with Gasteiger partial charge in [-0.3, -0.25) is 0 Å². The monoisotopic (exact) mass is 360 g/mol. The summed E-state index contributed by atoms with van der Waals surface area (Å²) in [5.74, 6) is 3.77. The Morgan fingerprint density at radius 2 is 1.58 bits per heavy atom. The van der Waals surface area contributed by atoms with E-state index in [0.29, 0.717) is 11.8 Å². The molecule has 2 heteroatoms. The number of benzene rings is 1. The van der Waals surface area contributed by atoms with Gasteiger partial charge < -0.3 is 9.47 Å². The highest BCUT2D eigenvalue weighted by atomic mass is 16.7. The third-order valence-corrected chi connectivity index (χ3v) is 5.74. The topological polar surface area (TPSA) is 18.5 Å². The number of rotatable bonds is 10. The number of ether oxygens (including phenoxy) is 2. The van der Waals surface area contributed by atoms with Crippen molar-refractivity contribution < 1.29 is 9.47 Å². The van der Waals surface area contributed by atoms with E-state index in [4.69, 9.17) is 9.47 Å². The van der Waals surface area contributed by atoms with E-state index in [1.807, 2.05) is 6.92 Å². The predicted octanol–water partition coefficient (Wildman–Crippen LogP) is 7.18. The zero-order valence-electron chi connectivity index (χ0n) is 17.7. The van der Waals surface area contributed by atoms with Crippen molar-refractivity contribution in [3.63, 3.8) is 0 Å². The van der Waals surface area contributed by atoms with E-state index in [9.17, 15) is 0 Å². The largest absolute Gasteiger partial charge is 0.465 e. The van der Waals surface area contributed by atoms with E-state index in [1.165, 1.54) is 50.5 Å². The average molecular weight is 361 g/mol. The maximum atomic E-state index is 5.96. The smallest absolute Gasteiger partial charge is 0.196 e. The maximum Gasteiger partial charge on any atom is 0.196 e. The molecule has 26 heavy (non-hydrogen) atoms. The van der Waals surface area contributed by atoms with Crippen LogP contribution in [0.4, 0.5) is 0 Å². The summed E-state index contributed by atoms with van der Waals surface area (Å²) in [5, 5.41) is 0. The van der Waals surface area contributed by atoms with Gasteiger partial charge in [0.25, 0.3) is 0 Å². The molecule has 0 radical (unpaired) electrons. The van der Waals surface area contributed by atoms with Crippen LogP contribution >= 0.6 is 0 Å². The van der Waals surface area contributed by atoms with Crippen LogP contribution in [0.5, 0.6) is 5.75 Å². The second-order valence-electron chi connectivity index (χ2n) is 8.90. The van der Waals surface area contributed by atoms with Gasteiger partial charge in [-0.25, -0.2) is 0 Å². The minimum Gasteiger partial charge on any atom is -0.465 e. The van der Waals surface area contributed by atoms with Crippen LogP contribution in [0.3, 0.4) is 0 Å². The zero-order chi connectivity index (χ0) is 18.9. The highest BCUT2D eigenvalue weighted by Crippen LogP contribution is 2.32. The summed E-state index contributed by atoms with van der Waals surface area (Å²) in [6.07, 6.45) is 9.22. The predicted molar refractivity (Wildman–Crippen MR) is 111 cm³/mol. The fraction of sp³-hybridized carbons (Fsp3) is 0.750. The molecule has 2 atom stereocenters. The number of hydrogen-bond acceptors (Lipinski definition) is 2. The summed E-state index contributed by atoms with van der Waals surface area (Å²) in [6, 6.07) is 8.67. The van der Waals surface area contributed by atoms with Gasteiger partial charge in [0, 0.05) is 0 Å². The molecule has 1 aromatic rings. The fourth-order valence-electron chi connectivity index (χ4n) is 4.20. The Morgan fingerprint density at radius 3 is 2.15 bits per heavy atom. The normalized spacial score (nSPS) is 18.3. The first-order valence-corrected chi connectivity index (χ1v) is 10.8. The Bertz CT molecular complexity index is 485. The van der Waals surface area contributed by atoms with Gasteiger partial charge in [-0.15, -0.1) is 0 Å². The Labute approximate surface area is 161 Å². The standard InChI is InChI=1S/C24H40O2/c1-18(2)17-24(19(3)4)22-11-13-23(14-12-22)26-20(5)25-16-15-21-9-7-6-8-10-21/h11-14,18-21,24H,6-10,15-17H2,1-5H3. The zero-order valence-corrected chi connectivity index (χ0v) is 17.7. The van der Waals surface area contributed by atoms with E-state index >= 15 is 0 Å². The van der Waals surface area contributed by atoms with Gasteiger partial charge in [-0.2, -0.15) is 0 Å². The molecule has 0 aliphatic heterocycles. The molecule has 2 nitrogen and oxygen atoms in total. The average Bonchev–Trinajstić information content (AvgIpc) is 2.61. The second kappa shape index (κ2) is 11.0. The summed E-state index contributed by atoms with van der Waals surface area (Å²) in [7, 11) is 0. The van der Waals surface area contributed by atoms with E-state index < -0.39 is 0 Å². The van der Waals surface area contributed by atoms with E-state index in [-0.39, 0.29) is 6.29 Å². The van der Waals surface area contributed by atoms with Crippen LogP contribution in [0.1, 0.15) is 91.0 Å². The van der Waals surface area contributed by atoms with Crippen molar-refractivity contribution in [1.82, 2.24) is 0 Å². The van der Waals surface area contributed by atoms with Crippen molar-refractivity contribution in [3.05, 3.63) is 29.8 Å². The summed E-state index contributed by atoms with van der Waals surface area (Å²) in [4.78, 5) is 0. The van der Waals surface area contributed by atoms with Crippen LogP contribution in [0.2, 0.25) is 0 Å². The SMILES string of the molecule is CC(C)CC(c1ccc(OC(C)OCCC2CCCCC2)cc1)C(C)C. The van der Waals surface area contributed by atoms with Gasteiger partial charge in [-0.05, 0) is 61.1 Å². The van der Waals surface area contributed by atoms with E-state index in [1.54, 1.807) is 0 Å². The summed E-state index contributed by atoms with van der Waals surface area (Å²) < 4.78 is 11.9. The molecule has 2 rings (SSSR count). The minimum atomic E-state index is -0.180. The van der Waals surface area contributed by atoms with Gasteiger partial charge in [0.15, 0.2) is 6.29 Å². The van der Waals surface area contributed by atoms with Crippen molar-refractivity contribution >= 4 is 0 Å². The lowest BCUT2D eigenvalue weighted by molar-refractivity contribution is -0.0711. The molecule has 0 bridgehead atoms. The van der Waals surface area contributed by atoms with Gasteiger partial charge >= 0.3 is 0 Å². The van der Waals surface area contributed by atoms with Gasteiger partial charge in [-0.1, -0.05) is 71.9 Å².